The van der Waals surface area contributed by atoms with Crippen molar-refractivity contribution >= 4 is 21.8 Å². The fourth-order valence-corrected chi connectivity index (χ4v) is 5.42. The molecule has 0 aliphatic rings. The minimum atomic E-state index is -3.54. The van der Waals surface area contributed by atoms with Gasteiger partial charge in [-0.25, -0.2) is 12.8 Å². The first kappa shape index (κ1) is 34.4. The lowest BCUT2D eigenvalue weighted by Crippen LogP contribution is -2.07. The summed E-state index contributed by atoms with van der Waals surface area (Å²) < 4.78 is 55.6. The molecule has 3 aromatic carbocycles. The Balaban J connectivity index is 1.56. The maximum absolute atomic E-state index is 14.3. The van der Waals surface area contributed by atoms with Crippen LogP contribution in [0.1, 0.15) is 56.1 Å². The Kier molecular flexibility index (Phi) is 13.0. The van der Waals surface area contributed by atoms with Crippen LogP contribution in [0.5, 0.6) is 17.2 Å². The zero-order valence-electron chi connectivity index (χ0n) is 25.0. The molecular formula is C33H39FO9S. The average molecular weight is 631 g/mol. The fraction of sp³-hybridized carbons (Fsp3) is 0.394. The minimum Gasteiger partial charge on any atom is -0.494 e. The molecule has 11 heteroatoms. The van der Waals surface area contributed by atoms with Crippen molar-refractivity contribution in [2.24, 2.45) is 0 Å². The van der Waals surface area contributed by atoms with Crippen LogP contribution < -0.4 is 14.2 Å². The van der Waals surface area contributed by atoms with E-state index in [1.54, 1.807) is 18.2 Å². The predicted octanol–water partition coefficient (Wildman–Crippen LogP) is 6.35. The van der Waals surface area contributed by atoms with Gasteiger partial charge < -0.3 is 24.4 Å². The molecule has 0 fully saturated rings. The van der Waals surface area contributed by atoms with Gasteiger partial charge in [0.25, 0.3) is 0 Å². The van der Waals surface area contributed by atoms with Crippen molar-refractivity contribution in [1.29, 1.82) is 0 Å². The van der Waals surface area contributed by atoms with E-state index in [0.717, 1.165) is 49.5 Å². The number of rotatable bonds is 19. The fourth-order valence-electron chi connectivity index (χ4n) is 4.74. The molecule has 0 amide bonds. The number of methoxy groups -OCH3 is 1. The molecule has 238 valence electrons. The summed E-state index contributed by atoms with van der Waals surface area (Å²) in [7, 11) is -2.17. The molecule has 0 aliphatic heterocycles. The molecule has 2 N–H and O–H groups in total. The lowest BCUT2D eigenvalue weighted by atomic mass is 9.97. The molecule has 0 aromatic heterocycles. The van der Waals surface area contributed by atoms with Crippen molar-refractivity contribution < 1.29 is 46.8 Å². The number of aryl methyl sites for hydroxylation is 1. The first-order valence-corrected chi connectivity index (χ1v) is 16.4. The highest BCUT2D eigenvalue weighted by atomic mass is 32.2. The van der Waals surface area contributed by atoms with Crippen LogP contribution >= 0.6 is 0 Å². The molecule has 9 nitrogen and oxygen atoms in total. The molecule has 0 bridgehead atoms. The summed E-state index contributed by atoms with van der Waals surface area (Å²) in [5.74, 6) is -1.28. The Morgan fingerprint density at radius 2 is 1.50 bits per heavy atom. The Bertz CT molecular complexity index is 1540. The number of carboxylic acids is 2. The minimum absolute atomic E-state index is 0.000813. The third-order valence-electron chi connectivity index (χ3n) is 7.01. The number of unbranched alkanes of at least 4 members (excludes halogenated alkanes) is 3. The molecule has 0 aliphatic carbocycles. The van der Waals surface area contributed by atoms with Crippen molar-refractivity contribution in [1.82, 2.24) is 0 Å². The molecule has 0 unspecified atom stereocenters. The third kappa shape index (κ3) is 10.9. The maximum atomic E-state index is 14.3. The number of aliphatic carboxylic acids is 2. The van der Waals surface area contributed by atoms with Crippen LogP contribution in [-0.2, 0) is 32.3 Å². The summed E-state index contributed by atoms with van der Waals surface area (Å²) in [6, 6.07) is 14.7. The molecule has 44 heavy (non-hydrogen) atoms. The Morgan fingerprint density at radius 3 is 2.18 bits per heavy atom. The summed E-state index contributed by atoms with van der Waals surface area (Å²) in [5.41, 5.74) is 2.86. The van der Waals surface area contributed by atoms with E-state index in [1.165, 1.54) is 31.4 Å². The molecule has 3 aromatic rings. The second-order valence-corrected chi connectivity index (χ2v) is 12.5. The monoisotopic (exact) mass is 630 g/mol. The Morgan fingerprint density at radius 1 is 0.773 bits per heavy atom. The van der Waals surface area contributed by atoms with Crippen molar-refractivity contribution in [3.8, 4) is 28.4 Å². The van der Waals surface area contributed by atoms with Crippen LogP contribution in [0.4, 0.5) is 4.39 Å². The Labute approximate surface area is 257 Å². The number of carbonyl (C=O) groups is 2. The van der Waals surface area contributed by atoms with E-state index in [4.69, 9.17) is 19.3 Å². The topological polar surface area (TPSA) is 136 Å². The van der Waals surface area contributed by atoms with Crippen LogP contribution in [0.3, 0.4) is 0 Å². The van der Waals surface area contributed by atoms with Crippen molar-refractivity contribution in [3.05, 3.63) is 71.5 Å². The maximum Gasteiger partial charge on any atom is 0.303 e. The van der Waals surface area contributed by atoms with Crippen molar-refractivity contribution in [2.75, 3.05) is 26.6 Å². The van der Waals surface area contributed by atoms with E-state index in [0.29, 0.717) is 42.1 Å². The average Bonchev–Trinajstić information content (AvgIpc) is 2.97. The number of carboxylic acid groups (broad SMARTS) is 2. The van der Waals surface area contributed by atoms with Crippen molar-refractivity contribution in [3.63, 3.8) is 0 Å². The highest BCUT2D eigenvalue weighted by Gasteiger charge is 2.15. The molecule has 0 saturated heterocycles. The number of ether oxygens (including phenoxy) is 3. The van der Waals surface area contributed by atoms with E-state index >= 15 is 0 Å². The van der Waals surface area contributed by atoms with E-state index in [9.17, 15) is 27.5 Å². The smallest absolute Gasteiger partial charge is 0.303 e. The first-order chi connectivity index (χ1) is 21.0. The van der Waals surface area contributed by atoms with Gasteiger partial charge in [-0.05, 0) is 90.8 Å². The quantitative estimate of drug-likeness (QED) is 0.145. The lowest BCUT2D eigenvalue weighted by molar-refractivity contribution is -0.138. The molecule has 3 rings (SSSR count). The Hall–Kier alpha value is -4.12. The zero-order valence-corrected chi connectivity index (χ0v) is 25.8. The predicted molar refractivity (Wildman–Crippen MR) is 164 cm³/mol. The molecule has 0 spiro atoms. The van der Waals surface area contributed by atoms with Gasteiger partial charge in [-0.1, -0.05) is 31.0 Å². The molecule has 0 atom stereocenters. The summed E-state index contributed by atoms with van der Waals surface area (Å²) in [6.07, 6.45) is 5.84. The zero-order chi connectivity index (χ0) is 32.1. The third-order valence-corrected chi connectivity index (χ3v) is 8.11. The number of hydrogen-bond acceptors (Lipinski definition) is 7. The van der Waals surface area contributed by atoms with E-state index in [2.05, 4.69) is 0 Å². The first-order valence-electron chi connectivity index (χ1n) is 14.5. The number of hydrogen-bond donors (Lipinski definition) is 2. The molecular weight excluding hydrogens is 591 g/mol. The van der Waals surface area contributed by atoms with Gasteiger partial charge >= 0.3 is 11.9 Å². The van der Waals surface area contributed by atoms with Gasteiger partial charge in [-0.15, -0.1) is 0 Å². The molecule has 0 heterocycles. The molecule has 0 radical (unpaired) electrons. The van der Waals surface area contributed by atoms with Gasteiger partial charge in [0.2, 0.25) is 0 Å². The number of benzene rings is 3. The van der Waals surface area contributed by atoms with Gasteiger partial charge in [-0.2, -0.15) is 0 Å². The summed E-state index contributed by atoms with van der Waals surface area (Å²) >= 11 is 0. The van der Waals surface area contributed by atoms with Gasteiger partial charge in [-0.3, -0.25) is 9.59 Å². The van der Waals surface area contributed by atoms with Gasteiger partial charge in [0, 0.05) is 19.1 Å². The van der Waals surface area contributed by atoms with Crippen LogP contribution in [0.25, 0.3) is 11.1 Å². The second-order valence-electron chi connectivity index (χ2n) is 10.5. The normalized spacial score (nSPS) is 11.2. The lowest BCUT2D eigenvalue weighted by Gasteiger charge is -2.15. The van der Waals surface area contributed by atoms with Crippen LogP contribution in [0.15, 0.2) is 59.5 Å². The molecule has 0 saturated carbocycles. The van der Waals surface area contributed by atoms with E-state index in [-0.39, 0.29) is 30.1 Å². The van der Waals surface area contributed by atoms with E-state index in [1.807, 2.05) is 12.1 Å². The summed E-state index contributed by atoms with van der Waals surface area (Å²) in [6.45, 7) is 0.606. The largest absolute Gasteiger partial charge is 0.494 e. The standard InChI is InChI=1S/C33H39FO9S/c1-41-31-15-13-24(21-29(31)34)25-19-26(22-27(20-25)44(2,39)40)42-17-6-4-3-5-9-23-10-7-11-30(28(23)14-16-33(37)38)43-18-8-12-32(35)36/h7,10-11,13,15,19-22H,3-6,8-9,12,14,16-18H2,1-2H3,(H,35,36)(H,37,38). The van der Waals surface area contributed by atoms with E-state index < -0.39 is 27.6 Å². The van der Waals surface area contributed by atoms with Crippen molar-refractivity contribution in [2.45, 2.75) is 62.7 Å². The van der Waals surface area contributed by atoms with Crippen LogP contribution in [-0.4, -0.2) is 57.1 Å². The SMILES string of the molecule is COc1ccc(-c2cc(OCCCCCCc3cccc(OCCCC(=O)O)c3CCC(=O)O)cc(S(C)(=O)=O)c2)cc1F. The van der Waals surface area contributed by atoms with Crippen LogP contribution in [0.2, 0.25) is 0 Å². The number of sulfone groups is 1. The summed E-state index contributed by atoms with van der Waals surface area (Å²) in [4.78, 5) is 22.1. The summed E-state index contributed by atoms with van der Waals surface area (Å²) in [5, 5.41) is 18.0. The van der Waals surface area contributed by atoms with Gasteiger partial charge in [0.1, 0.15) is 11.5 Å². The van der Waals surface area contributed by atoms with Crippen LogP contribution in [0, 0.1) is 5.82 Å². The second kappa shape index (κ2) is 16.7. The highest BCUT2D eigenvalue weighted by molar-refractivity contribution is 7.90. The van der Waals surface area contributed by atoms with Gasteiger partial charge in [0.05, 0.1) is 25.2 Å². The highest BCUT2D eigenvalue weighted by Crippen LogP contribution is 2.31. The number of halogens is 1. The van der Waals surface area contributed by atoms with Gasteiger partial charge in [0.15, 0.2) is 21.4 Å².